The van der Waals surface area contributed by atoms with Crippen LogP contribution < -0.4 is 0 Å². The summed E-state index contributed by atoms with van der Waals surface area (Å²) in [5, 5.41) is 8.50. The van der Waals surface area contributed by atoms with Crippen LogP contribution in [0.15, 0.2) is 0 Å². The molecule has 5 heteroatoms. The first kappa shape index (κ1) is 21.8. The maximum atomic E-state index is 8.50. The number of unbranched alkanes of at least 4 members (excludes halogenated alkanes) is 6. The number of hydrogen-bond donors (Lipinski definition) is 1. The fraction of sp³-hybridized carbons (Fsp3) is 1.00. The van der Waals surface area contributed by atoms with Gasteiger partial charge in [0.25, 0.3) is 0 Å². The third-order valence-corrected chi connectivity index (χ3v) is 3.24. The van der Waals surface area contributed by atoms with Crippen LogP contribution in [-0.2, 0) is 18.9 Å². The van der Waals surface area contributed by atoms with E-state index in [1.165, 1.54) is 38.5 Å². The van der Waals surface area contributed by atoms with Gasteiger partial charge in [-0.05, 0) is 6.42 Å². The van der Waals surface area contributed by atoms with E-state index in [2.05, 4.69) is 6.92 Å². The summed E-state index contributed by atoms with van der Waals surface area (Å²) in [6.45, 7) is 7.01. The zero-order valence-corrected chi connectivity index (χ0v) is 14.4. The molecular weight excluding hydrogens is 284 g/mol. The monoisotopic (exact) mass is 320 g/mol. The van der Waals surface area contributed by atoms with Gasteiger partial charge in [0.15, 0.2) is 0 Å². The smallest absolute Gasteiger partial charge is 0.0701 e. The van der Waals surface area contributed by atoms with Crippen LogP contribution >= 0.6 is 0 Å². The zero-order chi connectivity index (χ0) is 16.1. The van der Waals surface area contributed by atoms with Crippen LogP contribution in [0.4, 0.5) is 0 Å². The topological polar surface area (TPSA) is 57.2 Å². The standard InChI is InChI=1S/C17H36O5/c1-2-3-4-5-6-7-8-10-19-12-14-21-16-17-22-15-13-20-11-9-18/h18H,2-17H2,1H3. The third-order valence-electron chi connectivity index (χ3n) is 3.24. The minimum Gasteiger partial charge on any atom is -0.394 e. The molecule has 0 radical (unpaired) electrons. The van der Waals surface area contributed by atoms with Gasteiger partial charge in [0.2, 0.25) is 0 Å². The highest BCUT2D eigenvalue weighted by Gasteiger charge is 1.94. The summed E-state index contributed by atoms with van der Waals surface area (Å²) >= 11 is 0. The maximum Gasteiger partial charge on any atom is 0.0701 e. The van der Waals surface area contributed by atoms with E-state index < -0.39 is 0 Å². The normalized spacial score (nSPS) is 11.2. The van der Waals surface area contributed by atoms with Gasteiger partial charge in [-0.3, -0.25) is 0 Å². The second-order valence-electron chi connectivity index (χ2n) is 5.29. The van der Waals surface area contributed by atoms with Crippen LogP contribution in [0.2, 0.25) is 0 Å². The highest BCUT2D eigenvalue weighted by molar-refractivity contribution is 4.44. The van der Waals surface area contributed by atoms with Gasteiger partial charge in [0.05, 0.1) is 52.9 Å². The van der Waals surface area contributed by atoms with Crippen molar-refractivity contribution < 1.29 is 24.1 Å². The molecule has 0 atom stereocenters. The van der Waals surface area contributed by atoms with E-state index >= 15 is 0 Å². The van der Waals surface area contributed by atoms with Crippen molar-refractivity contribution in [2.24, 2.45) is 0 Å². The summed E-state index contributed by atoms with van der Waals surface area (Å²) < 4.78 is 21.3. The summed E-state index contributed by atoms with van der Waals surface area (Å²) in [6.07, 6.45) is 9.18. The first-order valence-electron chi connectivity index (χ1n) is 8.83. The molecule has 0 spiro atoms. The number of ether oxygens (including phenoxy) is 4. The predicted molar refractivity (Wildman–Crippen MR) is 88.4 cm³/mol. The van der Waals surface area contributed by atoms with Crippen LogP contribution in [0.3, 0.4) is 0 Å². The fourth-order valence-electron chi connectivity index (χ4n) is 1.99. The van der Waals surface area contributed by atoms with Gasteiger partial charge in [0.1, 0.15) is 0 Å². The molecule has 0 rings (SSSR count). The molecule has 0 bridgehead atoms. The van der Waals surface area contributed by atoms with Crippen LogP contribution in [0.1, 0.15) is 51.9 Å². The highest BCUT2D eigenvalue weighted by Crippen LogP contribution is 2.06. The first-order valence-corrected chi connectivity index (χ1v) is 8.83. The van der Waals surface area contributed by atoms with Crippen LogP contribution in [0, 0.1) is 0 Å². The van der Waals surface area contributed by atoms with Gasteiger partial charge in [0, 0.05) is 6.61 Å². The molecule has 0 aliphatic heterocycles. The lowest BCUT2D eigenvalue weighted by Gasteiger charge is -2.07. The maximum absolute atomic E-state index is 8.50. The second kappa shape index (κ2) is 20.8. The van der Waals surface area contributed by atoms with Crippen molar-refractivity contribution in [3.63, 3.8) is 0 Å². The van der Waals surface area contributed by atoms with E-state index in [9.17, 15) is 0 Å². The first-order chi connectivity index (χ1) is 10.9. The van der Waals surface area contributed by atoms with Crippen LogP contribution in [-0.4, -0.2) is 64.6 Å². The Bertz CT molecular complexity index is 170. The molecule has 0 aromatic carbocycles. The van der Waals surface area contributed by atoms with Gasteiger partial charge in [-0.25, -0.2) is 0 Å². The third kappa shape index (κ3) is 19.8. The minimum absolute atomic E-state index is 0.0575. The molecule has 0 amide bonds. The Morgan fingerprint density at radius 1 is 0.500 bits per heavy atom. The number of aliphatic hydroxyl groups excluding tert-OH is 1. The fourth-order valence-corrected chi connectivity index (χ4v) is 1.99. The summed E-state index contributed by atoms with van der Waals surface area (Å²) in [6, 6.07) is 0. The molecule has 0 aliphatic carbocycles. The molecule has 134 valence electrons. The van der Waals surface area contributed by atoms with Gasteiger partial charge in [-0.2, -0.15) is 0 Å². The summed E-state index contributed by atoms with van der Waals surface area (Å²) in [5.74, 6) is 0. The van der Waals surface area contributed by atoms with E-state index in [-0.39, 0.29) is 6.61 Å². The molecule has 0 heterocycles. The van der Waals surface area contributed by atoms with Crippen molar-refractivity contribution in [1.29, 1.82) is 0 Å². The molecule has 1 N–H and O–H groups in total. The number of aliphatic hydroxyl groups is 1. The predicted octanol–water partition coefficient (Wildman–Crippen LogP) is 2.80. The van der Waals surface area contributed by atoms with Gasteiger partial charge < -0.3 is 24.1 Å². The average molecular weight is 320 g/mol. The second-order valence-corrected chi connectivity index (χ2v) is 5.29. The Hall–Kier alpha value is -0.200. The quantitative estimate of drug-likeness (QED) is 0.371. The minimum atomic E-state index is 0.0575. The number of rotatable bonds is 19. The number of hydrogen-bond acceptors (Lipinski definition) is 5. The van der Waals surface area contributed by atoms with Crippen LogP contribution in [0.5, 0.6) is 0 Å². The van der Waals surface area contributed by atoms with Crippen molar-refractivity contribution in [1.82, 2.24) is 0 Å². The Morgan fingerprint density at radius 2 is 0.909 bits per heavy atom. The molecule has 0 saturated heterocycles. The van der Waals surface area contributed by atoms with Gasteiger partial charge in [-0.1, -0.05) is 45.4 Å². The molecule has 0 aromatic rings. The van der Waals surface area contributed by atoms with Crippen molar-refractivity contribution in [3.05, 3.63) is 0 Å². The van der Waals surface area contributed by atoms with Crippen LogP contribution in [0.25, 0.3) is 0 Å². The SMILES string of the molecule is CCCCCCCCCOCCOCCOCCOCCO. The molecule has 22 heavy (non-hydrogen) atoms. The summed E-state index contributed by atoms with van der Waals surface area (Å²) in [7, 11) is 0. The lowest BCUT2D eigenvalue weighted by molar-refractivity contribution is -0.00577. The van der Waals surface area contributed by atoms with E-state index in [4.69, 9.17) is 24.1 Å². The average Bonchev–Trinajstić information content (AvgIpc) is 2.54. The van der Waals surface area contributed by atoms with Crippen molar-refractivity contribution >= 4 is 0 Å². The van der Waals surface area contributed by atoms with E-state index in [1.807, 2.05) is 0 Å². The van der Waals surface area contributed by atoms with Crippen molar-refractivity contribution in [2.45, 2.75) is 51.9 Å². The van der Waals surface area contributed by atoms with Crippen molar-refractivity contribution in [2.75, 3.05) is 59.5 Å². The van der Waals surface area contributed by atoms with Gasteiger partial charge >= 0.3 is 0 Å². The molecule has 0 fully saturated rings. The molecular formula is C17H36O5. The Kier molecular flexibility index (Phi) is 20.6. The molecule has 0 aliphatic rings. The van der Waals surface area contributed by atoms with Gasteiger partial charge in [-0.15, -0.1) is 0 Å². The highest BCUT2D eigenvalue weighted by atomic mass is 16.6. The molecule has 0 aromatic heterocycles. The van der Waals surface area contributed by atoms with E-state index in [0.717, 1.165) is 13.0 Å². The molecule has 5 nitrogen and oxygen atoms in total. The lowest BCUT2D eigenvalue weighted by Crippen LogP contribution is -2.12. The molecule has 0 saturated carbocycles. The lowest BCUT2D eigenvalue weighted by atomic mass is 10.1. The van der Waals surface area contributed by atoms with Crippen molar-refractivity contribution in [3.8, 4) is 0 Å². The summed E-state index contributed by atoms with van der Waals surface area (Å²) in [5.41, 5.74) is 0. The Morgan fingerprint density at radius 3 is 1.41 bits per heavy atom. The molecule has 0 unspecified atom stereocenters. The summed E-state index contributed by atoms with van der Waals surface area (Å²) in [4.78, 5) is 0. The largest absolute Gasteiger partial charge is 0.394 e. The Labute approximate surface area is 136 Å². The van der Waals surface area contributed by atoms with E-state index in [0.29, 0.717) is 46.2 Å². The Balaban J connectivity index is 2.91. The van der Waals surface area contributed by atoms with E-state index in [1.54, 1.807) is 0 Å². The zero-order valence-electron chi connectivity index (χ0n) is 14.4.